The molecule has 0 fully saturated rings. The highest BCUT2D eigenvalue weighted by Gasteiger charge is 2.34. The lowest BCUT2D eigenvalue weighted by Gasteiger charge is -2.37. The van der Waals surface area contributed by atoms with E-state index in [2.05, 4.69) is 11.4 Å². The number of aryl methyl sites for hydroxylation is 1. The number of rotatable bonds is 6. The van der Waals surface area contributed by atoms with Gasteiger partial charge in [-0.3, -0.25) is 9.59 Å². The standard InChI is InChI=1S/C26H27ClN2O2S/c1-3-14-28(26(31)21-7-5-4-6-18(21)2)17-24(30)29-15-12-23-22(13-16-32-23)25(29)19-8-10-20(27)11-9-19/h4-11,13,16,25H,3,12,14-15,17H2,1-2H3. The first kappa shape index (κ1) is 22.6. The van der Waals surface area contributed by atoms with E-state index in [-0.39, 0.29) is 24.4 Å². The highest BCUT2D eigenvalue weighted by atomic mass is 35.5. The van der Waals surface area contributed by atoms with Gasteiger partial charge in [0.25, 0.3) is 5.91 Å². The summed E-state index contributed by atoms with van der Waals surface area (Å²) in [5, 5.41) is 2.76. The molecule has 2 heterocycles. The number of halogens is 1. The Hall–Kier alpha value is -2.63. The second-order valence-electron chi connectivity index (χ2n) is 8.13. The molecule has 0 saturated heterocycles. The van der Waals surface area contributed by atoms with E-state index in [0.29, 0.717) is 23.7 Å². The van der Waals surface area contributed by atoms with Crippen LogP contribution in [0, 0.1) is 6.92 Å². The van der Waals surface area contributed by atoms with E-state index in [1.165, 1.54) is 10.4 Å². The second-order valence-corrected chi connectivity index (χ2v) is 9.57. The Morgan fingerprint density at radius 3 is 2.59 bits per heavy atom. The SMILES string of the molecule is CCCN(CC(=O)N1CCc2sccc2C1c1ccc(Cl)cc1)C(=O)c1ccccc1C. The Morgan fingerprint density at radius 2 is 1.88 bits per heavy atom. The molecule has 3 aromatic rings. The molecule has 1 aliphatic rings. The van der Waals surface area contributed by atoms with Crippen molar-refractivity contribution in [3.05, 3.63) is 92.1 Å². The van der Waals surface area contributed by atoms with Crippen molar-refractivity contribution in [2.75, 3.05) is 19.6 Å². The summed E-state index contributed by atoms with van der Waals surface area (Å²) in [5.41, 5.74) is 3.78. The monoisotopic (exact) mass is 466 g/mol. The summed E-state index contributed by atoms with van der Waals surface area (Å²) in [6, 6.07) is 17.2. The Bertz CT molecular complexity index is 1110. The largest absolute Gasteiger partial charge is 0.330 e. The van der Waals surface area contributed by atoms with Crippen LogP contribution >= 0.6 is 22.9 Å². The minimum atomic E-state index is -0.160. The Kier molecular flexibility index (Phi) is 6.97. The lowest BCUT2D eigenvalue weighted by Crippen LogP contribution is -2.47. The molecule has 0 bridgehead atoms. The van der Waals surface area contributed by atoms with Crippen LogP contribution in [0.3, 0.4) is 0 Å². The lowest BCUT2D eigenvalue weighted by atomic mass is 9.93. The molecule has 0 N–H and O–H groups in total. The second kappa shape index (κ2) is 9.88. The first-order valence-electron chi connectivity index (χ1n) is 11.0. The summed E-state index contributed by atoms with van der Waals surface area (Å²) in [7, 11) is 0. The molecule has 1 aromatic heterocycles. The number of thiophene rings is 1. The summed E-state index contributed by atoms with van der Waals surface area (Å²) in [6.07, 6.45) is 1.63. The van der Waals surface area contributed by atoms with Crippen LogP contribution in [-0.2, 0) is 11.2 Å². The zero-order chi connectivity index (χ0) is 22.7. The van der Waals surface area contributed by atoms with E-state index >= 15 is 0 Å². The number of nitrogens with zero attached hydrogens (tertiary/aromatic N) is 2. The summed E-state index contributed by atoms with van der Waals surface area (Å²) in [5.74, 6) is -0.119. The van der Waals surface area contributed by atoms with Crippen molar-refractivity contribution in [2.24, 2.45) is 0 Å². The van der Waals surface area contributed by atoms with Crippen LogP contribution in [-0.4, -0.2) is 41.2 Å². The van der Waals surface area contributed by atoms with Crippen molar-refractivity contribution in [1.82, 2.24) is 9.80 Å². The average Bonchev–Trinajstić information content (AvgIpc) is 3.27. The molecule has 4 rings (SSSR count). The summed E-state index contributed by atoms with van der Waals surface area (Å²) < 4.78 is 0. The molecule has 1 unspecified atom stereocenters. The summed E-state index contributed by atoms with van der Waals surface area (Å²) in [6.45, 7) is 5.21. The van der Waals surface area contributed by atoms with Crippen LogP contribution in [0.25, 0.3) is 0 Å². The van der Waals surface area contributed by atoms with E-state index < -0.39 is 0 Å². The quantitative estimate of drug-likeness (QED) is 0.465. The molecular formula is C26H27ClN2O2S. The Balaban J connectivity index is 1.62. The van der Waals surface area contributed by atoms with Crippen LogP contribution < -0.4 is 0 Å². The average molecular weight is 467 g/mol. The highest BCUT2D eigenvalue weighted by Crippen LogP contribution is 2.38. The minimum Gasteiger partial charge on any atom is -0.330 e. The summed E-state index contributed by atoms with van der Waals surface area (Å²) >= 11 is 7.85. The topological polar surface area (TPSA) is 40.6 Å². The molecule has 4 nitrogen and oxygen atoms in total. The van der Waals surface area contributed by atoms with Gasteiger partial charge in [0.15, 0.2) is 0 Å². The third-order valence-electron chi connectivity index (χ3n) is 5.95. The van der Waals surface area contributed by atoms with E-state index in [1.807, 2.05) is 67.3 Å². The number of fused-ring (bicyclic) bond motifs is 1. The van der Waals surface area contributed by atoms with Gasteiger partial charge in [-0.2, -0.15) is 0 Å². The smallest absolute Gasteiger partial charge is 0.254 e. The number of amides is 2. The maximum absolute atomic E-state index is 13.6. The van der Waals surface area contributed by atoms with Crippen molar-refractivity contribution < 1.29 is 9.59 Å². The first-order chi connectivity index (χ1) is 15.5. The highest BCUT2D eigenvalue weighted by molar-refractivity contribution is 7.10. The minimum absolute atomic E-state index is 0.0304. The molecule has 166 valence electrons. The maximum atomic E-state index is 13.6. The number of hydrogen-bond acceptors (Lipinski definition) is 3. The van der Waals surface area contributed by atoms with Gasteiger partial charge in [-0.15, -0.1) is 11.3 Å². The Morgan fingerprint density at radius 1 is 1.12 bits per heavy atom. The first-order valence-corrected chi connectivity index (χ1v) is 12.2. The predicted molar refractivity (Wildman–Crippen MR) is 130 cm³/mol. The van der Waals surface area contributed by atoms with Crippen LogP contribution in [0.2, 0.25) is 5.02 Å². The number of carbonyl (C=O) groups is 2. The third-order valence-corrected chi connectivity index (χ3v) is 7.20. The third kappa shape index (κ3) is 4.59. The predicted octanol–water partition coefficient (Wildman–Crippen LogP) is 5.74. The molecule has 6 heteroatoms. The molecule has 0 aliphatic carbocycles. The molecule has 32 heavy (non-hydrogen) atoms. The van der Waals surface area contributed by atoms with Gasteiger partial charge >= 0.3 is 0 Å². The van der Waals surface area contributed by atoms with Gasteiger partial charge in [-0.25, -0.2) is 0 Å². The van der Waals surface area contributed by atoms with Crippen molar-refractivity contribution in [3.8, 4) is 0 Å². The van der Waals surface area contributed by atoms with Gasteiger partial charge in [0.2, 0.25) is 5.91 Å². The van der Waals surface area contributed by atoms with Gasteiger partial charge < -0.3 is 9.80 Å². The fourth-order valence-electron chi connectivity index (χ4n) is 4.35. The molecule has 1 atom stereocenters. The van der Waals surface area contributed by atoms with Crippen LogP contribution in [0.5, 0.6) is 0 Å². The van der Waals surface area contributed by atoms with Crippen LogP contribution in [0.1, 0.15) is 51.3 Å². The molecule has 2 amide bonds. The van der Waals surface area contributed by atoms with Crippen molar-refractivity contribution >= 4 is 34.8 Å². The zero-order valence-corrected chi connectivity index (χ0v) is 20.0. The lowest BCUT2D eigenvalue weighted by molar-refractivity contribution is -0.134. The number of benzene rings is 2. The van der Waals surface area contributed by atoms with E-state index in [9.17, 15) is 9.59 Å². The van der Waals surface area contributed by atoms with Crippen molar-refractivity contribution in [2.45, 2.75) is 32.7 Å². The molecular weight excluding hydrogens is 440 g/mol. The summed E-state index contributed by atoms with van der Waals surface area (Å²) in [4.78, 5) is 31.8. The molecule has 2 aromatic carbocycles. The van der Waals surface area contributed by atoms with Crippen LogP contribution in [0.4, 0.5) is 0 Å². The fraction of sp³-hybridized carbons (Fsp3) is 0.308. The van der Waals surface area contributed by atoms with E-state index in [4.69, 9.17) is 11.6 Å². The van der Waals surface area contributed by atoms with Gasteiger partial charge in [-0.05, 0) is 66.1 Å². The van der Waals surface area contributed by atoms with Gasteiger partial charge in [0.05, 0.1) is 6.04 Å². The fourth-order valence-corrected chi connectivity index (χ4v) is 5.38. The maximum Gasteiger partial charge on any atom is 0.254 e. The normalized spacial score (nSPS) is 15.3. The van der Waals surface area contributed by atoms with Crippen molar-refractivity contribution in [3.63, 3.8) is 0 Å². The molecule has 0 spiro atoms. The molecule has 0 saturated carbocycles. The molecule has 1 aliphatic heterocycles. The number of hydrogen-bond donors (Lipinski definition) is 0. The van der Waals surface area contributed by atoms with Gasteiger partial charge in [-0.1, -0.05) is 48.9 Å². The van der Waals surface area contributed by atoms with E-state index in [0.717, 1.165) is 24.0 Å². The molecule has 0 radical (unpaired) electrons. The number of carbonyl (C=O) groups excluding carboxylic acids is 2. The Labute approximate surface area is 198 Å². The zero-order valence-electron chi connectivity index (χ0n) is 18.4. The van der Waals surface area contributed by atoms with Gasteiger partial charge in [0, 0.05) is 28.6 Å². The van der Waals surface area contributed by atoms with E-state index in [1.54, 1.807) is 16.2 Å². The van der Waals surface area contributed by atoms with Crippen LogP contribution in [0.15, 0.2) is 60.0 Å². The van der Waals surface area contributed by atoms with Crippen molar-refractivity contribution in [1.29, 1.82) is 0 Å². The van der Waals surface area contributed by atoms with Gasteiger partial charge in [0.1, 0.15) is 6.54 Å².